The predicted molar refractivity (Wildman–Crippen MR) is 189 cm³/mol. The van der Waals surface area contributed by atoms with Crippen molar-refractivity contribution in [1.82, 2.24) is 44.5 Å². The van der Waals surface area contributed by atoms with Crippen LogP contribution in [0.1, 0.15) is 33.4 Å². The number of hydrogen-bond donors (Lipinski definition) is 3. The first-order valence-corrected chi connectivity index (χ1v) is 16.9. The van der Waals surface area contributed by atoms with E-state index in [4.69, 9.17) is 10.7 Å². The average molecular weight is 628 g/mol. The molecule has 0 bridgehead atoms. The lowest BCUT2D eigenvalue weighted by atomic mass is 10.1. The lowest BCUT2D eigenvalue weighted by Crippen LogP contribution is -2.49. The Hall–Kier alpha value is -3.48. The van der Waals surface area contributed by atoms with Gasteiger partial charge in [-0.2, -0.15) is 0 Å². The molecule has 0 atom stereocenters. The Morgan fingerprint density at radius 3 is 2.09 bits per heavy atom. The van der Waals surface area contributed by atoms with Crippen LogP contribution in [0.4, 0.5) is 5.69 Å². The van der Waals surface area contributed by atoms with Crippen LogP contribution in [0.3, 0.4) is 0 Å². The van der Waals surface area contributed by atoms with Gasteiger partial charge in [-0.15, -0.1) is 0 Å². The number of nitrogens with zero attached hydrogens (tertiary/aromatic N) is 8. The van der Waals surface area contributed by atoms with Gasteiger partial charge in [-0.25, -0.2) is 9.97 Å². The Morgan fingerprint density at radius 1 is 0.783 bits per heavy atom. The fourth-order valence-corrected chi connectivity index (χ4v) is 6.15. The predicted octanol–water partition coefficient (Wildman–Crippen LogP) is 3.80. The Bertz CT molecular complexity index is 1500. The second-order valence-corrected chi connectivity index (χ2v) is 12.9. The minimum atomic E-state index is 0.632. The van der Waals surface area contributed by atoms with Crippen LogP contribution in [0.25, 0.3) is 33.8 Å². The zero-order valence-electron chi connectivity index (χ0n) is 28.4. The Balaban J connectivity index is 0.000000293. The molecule has 4 aromatic rings. The van der Waals surface area contributed by atoms with Crippen LogP contribution in [-0.4, -0.2) is 135 Å². The lowest BCUT2D eigenvalue weighted by molar-refractivity contribution is 0.111. The van der Waals surface area contributed by atoms with Crippen molar-refractivity contribution in [1.29, 1.82) is 0 Å². The minimum absolute atomic E-state index is 0.632. The van der Waals surface area contributed by atoms with Crippen LogP contribution in [0, 0.1) is 6.92 Å². The van der Waals surface area contributed by atoms with Gasteiger partial charge < -0.3 is 16.0 Å². The number of H-pyrrole nitrogens is 1. The molecule has 0 amide bonds. The quantitative estimate of drug-likeness (QED) is 0.240. The number of aromatic amines is 1. The van der Waals surface area contributed by atoms with Gasteiger partial charge >= 0.3 is 0 Å². The van der Waals surface area contributed by atoms with E-state index in [1.54, 1.807) is 6.33 Å². The Morgan fingerprint density at radius 2 is 1.46 bits per heavy atom. The maximum atomic E-state index is 5.50. The van der Waals surface area contributed by atoms with Gasteiger partial charge in [0.1, 0.15) is 5.69 Å². The molecule has 2 saturated heterocycles. The first kappa shape index (κ1) is 33.9. The molecule has 0 aromatic carbocycles. The number of aryl methyl sites for hydroxylation is 1. The molecule has 0 saturated carbocycles. The van der Waals surface area contributed by atoms with E-state index in [1.165, 1.54) is 26.2 Å². The van der Waals surface area contributed by atoms with Crippen molar-refractivity contribution < 1.29 is 0 Å². The fraction of sp³-hybridized carbons (Fsp3) is 0.543. The Kier molecular flexibility index (Phi) is 12.1. The summed E-state index contributed by atoms with van der Waals surface area (Å²) in [6.45, 7) is 24.2. The molecule has 0 unspecified atom stereocenters. The molecule has 0 aliphatic carbocycles. The van der Waals surface area contributed by atoms with Crippen LogP contribution < -0.4 is 11.1 Å². The van der Waals surface area contributed by atoms with Crippen molar-refractivity contribution in [2.75, 3.05) is 83.9 Å². The van der Waals surface area contributed by atoms with Crippen molar-refractivity contribution in [3.8, 4) is 22.8 Å². The summed E-state index contributed by atoms with van der Waals surface area (Å²) in [6.07, 6.45) is 3.58. The number of nitrogens with one attached hydrogen (secondary N) is 2. The summed E-state index contributed by atoms with van der Waals surface area (Å²) >= 11 is 0. The third-order valence-electron chi connectivity index (χ3n) is 9.04. The lowest BCUT2D eigenvalue weighted by Gasteiger charge is -2.36. The summed E-state index contributed by atoms with van der Waals surface area (Å²) in [5.41, 5.74) is 12.5. The molecule has 4 aromatic heterocycles. The number of anilines is 1. The highest BCUT2D eigenvalue weighted by Gasteiger charge is 2.19. The molecule has 2 aliphatic heterocycles. The van der Waals surface area contributed by atoms with Crippen LogP contribution >= 0.6 is 0 Å². The molecular formula is C35H53N11. The molecule has 6 rings (SSSR count). The van der Waals surface area contributed by atoms with Gasteiger partial charge in [-0.1, -0.05) is 6.07 Å². The summed E-state index contributed by atoms with van der Waals surface area (Å²) in [4.78, 5) is 31.9. The van der Waals surface area contributed by atoms with E-state index in [0.29, 0.717) is 12.1 Å². The third kappa shape index (κ3) is 9.07. The maximum Gasteiger partial charge on any atom is 0.116 e. The van der Waals surface area contributed by atoms with Gasteiger partial charge in [-0.3, -0.25) is 29.6 Å². The normalized spacial score (nSPS) is 17.0. The summed E-state index contributed by atoms with van der Waals surface area (Å²) in [7, 11) is 0. The molecule has 248 valence electrons. The molecule has 11 nitrogen and oxygen atoms in total. The van der Waals surface area contributed by atoms with Crippen molar-refractivity contribution in [2.24, 2.45) is 5.73 Å². The standard InChI is InChI=1S/C26H32N8.C9H21N3/c1-18(2)34-13-11-33(12-14-34)10-9-27-20-15-24-21(28-16-20)7-8-23(32-24)26-25(29-17-30-26)22-6-4-5-19(3)31-22;1-9(2)12-7-5-11(4-3-10)6-8-12/h4-8,15-18,27H,9-14H2,1-3H3,(H,29,30);9H,3-8,10H2,1-2H3. The van der Waals surface area contributed by atoms with E-state index in [2.05, 4.69) is 78.6 Å². The molecule has 0 radical (unpaired) electrons. The number of piperazine rings is 2. The molecule has 11 heteroatoms. The van der Waals surface area contributed by atoms with Gasteiger partial charge in [0.05, 0.1) is 46.3 Å². The van der Waals surface area contributed by atoms with Crippen molar-refractivity contribution in [2.45, 2.75) is 46.7 Å². The highest BCUT2D eigenvalue weighted by Crippen LogP contribution is 2.28. The monoisotopic (exact) mass is 627 g/mol. The topological polar surface area (TPSA) is 118 Å². The van der Waals surface area contributed by atoms with E-state index >= 15 is 0 Å². The highest BCUT2D eigenvalue weighted by atomic mass is 15.3. The summed E-state index contributed by atoms with van der Waals surface area (Å²) in [5.74, 6) is 0. The van der Waals surface area contributed by atoms with Crippen LogP contribution in [0.2, 0.25) is 0 Å². The highest BCUT2D eigenvalue weighted by molar-refractivity contribution is 5.82. The smallest absolute Gasteiger partial charge is 0.116 e. The van der Waals surface area contributed by atoms with Crippen LogP contribution in [0.15, 0.2) is 48.9 Å². The molecule has 2 fully saturated rings. The maximum absolute atomic E-state index is 5.50. The third-order valence-corrected chi connectivity index (χ3v) is 9.04. The zero-order chi connectivity index (χ0) is 32.5. The fourth-order valence-electron chi connectivity index (χ4n) is 6.15. The van der Waals surface area contributed by atoms with E-state index < -0.39 is 0 Å². The van der Waals surface area contributed by atoms with E-state index in [-0.39, 0.29) is 0 Å². The molecular weight excluding hydrogens is 574 g/mol. The van der Waals surface area contributed by atoms with Crippen molar-refractivity contribution in [3.05, 3.63) is 54.6 Å². The molecule has 4 N–H and O–H groups in total. The van der Waals surface area contributed by atoms with E-state index in [1.807, 2.05) is 43.5 Å². The summed E-state index contributed by atoms with van der Waals surface area (Å²) < 4.78 is 0. The average Bonchev–Trinajstić information content (AvgIpc) is 3.56. The number of pyridine rings is 3. The Labute approximate surface area is 274 Å². The summed E-state index contributed by atoms with van der Waals surface area (Å²) in [5, 5.41) is 3.53. The molecule has 2 aliphatic rings. The first-order chi connectivity index (χ1) is 22.3. The first-order valence-electron chi connectivity index (χ1n) is 16.9. The number of aromatic nitrogens is 5. The van der Waals surface area contributed by atoms with Gasteiger partial charge in [0.25, 0.3) is 0 Å². The number of imidazole rings is 1. The van der Waals surface area contributed by atoms with E-state index in [0.717, 1.165) is 97.5 Å². The minimum Gasteiger partial charge on any atom is -0.382 e. The molecule has 6 heterocycles. The molecule has 0 spiro atoms. The van der Waals surface area contributed by atoms with Crippen molar-refractivity contribution in [3.63, 3.8) is 0 Å². The van der Waals surface area contributed by atoms with Crippen molar-refractivity contribution >= 4 is 16.7 Å². The number of hydrogen-bond acceptors (Lipinski definition) is 10. The number of rotatable bonds is 10. The van der Waals surface area contributed by atoms with Crippen LogP contribution in [-0.2, 0) is 0 Å². The van der Waals surface area contributed by atoms with E-state index in [9.17, 15) is 0 Å². The van der Waals surface area contributed by atoms with Gasteiger partial charge in [-0.05, 0) is 65.0 Å². The van der Waals surface area contributed by atoms with Gasteiger partial charge in [0, 0.05) is 96.3 Å². The number of nitrogens with two attached hydrogens (primary N) is 1. The zero-order valence-corrected chi connectivity index (χ0v) is 28.4. The summed E-state index contributed by atoms with van der Waals surface area (Å²) in [6, 6.07) is 13.3. The second-order valence-electron chi connectivity index (χ2n) is 12.9. The largest absolute Gasteiger partial charge is 0.382 e. The number of fused-ring (bicyclic) bond motifs is 1. The second kappa shape index (κ2) is 16.4. The SMILES string of the molecule is CC(C)N1CCN(CCN)CC1.Cc1cccc(-c2nc[nH]c2-c2ccc3ncc(NCCN4CCN(C(C)C)CC4)cc3n2)n1. The van der Waals surface area contributed by atoms with Gasteiger partial charge in [0.2, 0.25) is 0 Å². The molecule has 46 heavy (non-hydrogen) atoms. The van der Waals surface area contributed by atoms with Crippen LogP contribution in [0.5, 0.6) is 0 Å². The van der Waals surface area contributed by atoms with Gasteiger partial charge in [0.15, 0.2) is 0 Å².